The van der Waals surface area contributed by atoms with Crippen LogP contribution in [0.3, 0.4) is 0 Å². The highest BCUT2D eigenvalue weighted by atomic mass is 16.5. The van der Waals surface area contributed by atoms with Gasteiger partial charge < -0.3 is 14.8 Å². The van der Waals surface area contributed by atoms with E-state index >= 15 is 0 Å². The van der Waals surface area contributed by atoms with Gasteiger partial charge in [0, 0.05) is 6.54 Å². The van der Waals surface area contributed by atoms with E-state index < -0.39 is 0 Å². The van der Waals surface area contributed by atoms with E-state index in [0.29, 0.717) is 12.0 Å². The second-order valence-corrected chi connectivity index (χ2v) is 5.76. The number of rotatable bonds is 6. The fourth-order valence-electron chi connectivity index (χ4n) is 2.97. The van der Waals surface area contributed by atoms with Gasteiger partial charge in [0.2, 0.25) is 0 Å². The van der Waals surface area contributed by atoms with Crippen molar-refractivity contribution in [1.82, 2.24) is 5.32 Å². The summed E-state index contributed by atoms with van der Waals surface area (Å²) < 4.78 is 11.7. The molecule has 1 saturated carbocycles. The second kappa shape index (κ2) is 7.65. The molecule has 0 heterocycles. The van der Waals surface area contributed by atoms with E-state index in [4.69, 9.17) is 9.47 Å². The number of benzene rings is 1. The highest BCUT2D eigenvalue weighted by molar-refractivity contribution is 5.30. The number of methoxy groups -OCH3 is 1. The average Bonchev–Trinajstić information content (AvgIpc) is 2.49. The van der Waals surface area contributed by atoms with E-state index in [2.05, 4.69) is 24.4 Å². The first-order valence-corrected chi connectivity index (χ1v) is 7.68. The van der Waals surface area contributed by atoms with Gasteiger partial charge in [0.25, 0.3) is 0 Å². The van der Waals surface area contributed by atoms with Crippen molar-refractivity contribution in [1.29, 1.82) is 0 Å². The van der Waals surface area contributed by atoms with Gasteiger partial charge in [-0.25, -0.2) is 0 Å². The predicted molar refractivity (Wildman–Crippen MR) is 82.2 cm³/mol. The number of hydrogen-bond acceptors (Lipinski definition) is 3. The zero-order chi connectivity index (χ0) is 14.4. The Morgan fingerprint density at radius 1 is 1.30 bits per heavy atom. The predicted octanol–water partition coefficient (Wildman–Crippen LogP) is 3.55. The number of nitrogens with one attached hydrogen (secondary N) is 1. The summed E-state index contributed by atoms with van der Waals surface area (Å²) in [7, 11) is 3.68. The minimum absolute atomic E-state index is 0.0978. The maximum Gasteiger partial charge on any atom is 0.119 e. The molecule has 0 radical (unpaired) electrons. The monoisotopic (exact) mass is 277 g/mol. The Balaban J connectivity index is 2.08. The Hall–Kier alpha value is -1.06. The van der Waals surface area contributed by atoms with E-state index in [-0.39, 0.29) is 6.10 Å². The third-order valence-electron chi connectivity index (χ3n) is 4.23. The van der Waals surface area contributed by atoms with Crippen LogP contribution in [0.1, 0.15) is 44.3 Å². The zero-order valence-electron chi connectivity index (χ0n) is 12.9. The van der Waals surface area contributed by atoms with Crippen molar-refractivity contribution in [2.75, 3.05) is 20.7 Å². The first-order chi connectivity index (χ1) is 9.74. The van der Waals surface area contributed by atoms with E-state index in [9.17, 15) is 0 Å². The molecule has 0 amide bonds. The van der Waals surface area contributed by atoms with Crippen LogP contribution in [0.4, 0.5) is 0 Å². The van der Waals surface area contributed by atoms with Gasteiger partial charge in [-0.3, -0.25) is 0 Å². The topological polar surface area (TPSA) is 30.5 Å². The smallest absolute Gasteiger partial charge is 0.119 e. The molecule has 2 rings (SSSR count). The first kappa shape index (κ1) is 15.3. The van der Waals surface area contributed by atoms with Crippen molar-refractivity contribution in [3.8, 4) is 5.75 Å². The van der Waals surface area contributed by atoms with Crippen LogP contribution >= 0.6 is 0 Å². The van der Waals surface area contributed by atoms with Crippen LogP contribution < -0.4 is 10.1 Å². The van der Waals surface area contributed by atoms with Crippen LogP contribution in [0.25, 0.3) is 0 Å². The summed E-state index contributed by atoms with van der Waals surface area (Å²) in [6, 6.07) is 8.21. The summed E-state index contributed by atoms with van der Waals surface area (Å²) in [6.45, 7) is 3.14. The van der Waals surface area contributed by atoms with E-state index in [1.807, 2.05) is 19.2 Å². The van der Waals surface area contributed by atoms with Gasteiger partial charge >= 0.3 is 0 Å². The summed E-state index contributed by atoms with van der Waals surface area (Å²) >= 11 is 0. The Morgan fingerprint density at radius 2 is 2.10 bits per heavy atom. The Morgan fingerprint density at radius 3 is 2.80 bits per heavy atom. The van der Waals surface area contributed by atoms with Crippen molar-refractivity contribution >= 4 is 0 Å². The largest absolute Gasteiger partial charge is 0.497 e. The molecule has 20 heavy (non-hydrogen) atoms. The van der Waals surface area contributed by atoms with Gasteiger partial charge in [0.15, 0.2) is 0 Å². The molecule has 0 saturated heterocycles. The maximum absolute atomic E-state index is 6.41. The van der Waals surface area contributed by atoms with Crippen LogP contribution in [-0.2, 0) is 4.74 Å². The molecule has 0 bridgehead atoms. The van der Waals surface area contributed by atoms with Crippen molar-refractivity contribution in [3.05, 3.63) is 29.8 Å². The standard InChI is InChI=1S/C17H27NO2/c1-13-7-4-5-10-16(13)20-17(12-18-2)14-8-6-9-15(11-14)19-3/h6,8-9,11,13,16-18H,4-5,7,10,12H2,1-3H3. The molecule has 3 heteroatoms. The maximum atomic E-state index is 6.41. The average molecular weight is 277 g/mol. The third-order valence-corrected chi connectivity index (χ3v) is 4.23. The van der Waals surface area contributed by atoms with Crippen molar-refractivity contribution < 1.29 is 9.47 Å². The van der Waals surface area contributed by atoms with Crippen LogP contribution in [0.15, 0.2) is 24.3 Å². The Labute approximate surface area is 122 Å². The molecule has 3 unspecified atom stereocenters. The molecular formula is C17H27NO2. The number of ether oxygens (including phenoxy) is 2. The molecular weight excluding hydrogens is 250 g/mol. The highest BCUT2D eigenvalue weighted by Gasteiger charge is 2.25. The number of hydrogen-bond donors (Lipinski definition) is 1. The van der Waals surface area contributed by atoms with Crippen molar-refractivity contribution in [3.63, 3.8) is 0 Å². The van der Waals surface area contributed by atoms with Crippen molar-refractivity contribution in [2.45, 2.75) is 44.8 Å². The lowest BCUT2D eigenvalue weighted by Crippen LogP contribution is -2.30. The second-order valence-electron chi connectivity index (χ2n) is 5.76. The molecule has 1 aromatic rings. The molecule has 3 nitrogen and oxygen atoms in total. The molecule has 0 aliphatic heterocycles. The summed E-state index contributed by atoms with van der Waals surface area (Å²) in [5.41, 5.74) is 1.19. The number of likely N-dealkylation sites (N-methyl/N-ethyl adjacent to an activating group) is 1. The third kappa shape index (κ3) is 3.97. The zero-order valence-corrected chi connectivity index (χ0v) is 12.9. The van der Waals surface area contributed by atoms with E-state index in [1.165, 1.54) is 31.2 Å². The molecule has 1 fully saturated rings. The molecule has 1 N–H and O–H groups in total. The fraction of sp³-hybridized carbons (Fsp3) is 0.647. The van der Waals surface area contributed by atoms with Crippen LogP contribution in [0, 0.1) is 5.92 Å². The molecule has 0 aromatic heterocycles. The molecule has 112 valence electrons. The quantitative estimate of drug-likeness (QED) is 0.862. The van der Waals surface area contributed by atoms with E-state index in [1.54, 1.807) is 7.11 Å². The van der Waals surface area contributed by atoms with Gasteiger partial charge in [0.05, 0.1) is 19.3 Å². The van der Waals surface area contributed by atoms with Gasteiger partial charge in [-0.05, 0) is 43.5 Å². The van der Waals surface area contributed by atoms with Crippen LogP contribution in [0.2, 0.25) is 0 Å². The normalized spacial score (nSPS) is 24.4. The summed E-state index contributed by atoms with van der Waals surface area (Å²) in [6.07, 6.45) is 5.59. The lowest BCUT2D eigenvalue weighted by atomic mass is 9.87. The van der Waals surface area contributed by atoms with Gasteiger partial charge in [0.1, 0.15) is 5.75 Å². The first-order valence-electron chi connectivity index (χ1n) is 7.68. The molecule has 1 aromatic carbocycles. The SMILES string of the molecule is CNCC(OC1CCCCC1C)c1cccc(OC)c1. The lowest BCUT2D eigenvalue weighted by Gasteiger charge is -2.32. The summed E-state index contributed by atoms with van der Waals surface area (Å²) in [5, 5.41) is 3.24. The Kier molecular flexibility index (Phi) is 5.86. The molecule has 3 atom stereocenters. The van der Waals surface area contributed by atoms with Crippen molar-refractivity contribution in [2.24, 2.45) is 5.92 Å². The minimum Gasteiger partial charge on any atom is -0.497 e. The van der Waals surface area contributed by atoms with Crippen LogP contribution in [-0.4, -0.2) is 26.8 Å². The molecule has 1 aliphatic rings. The van der Waals surface area contributed by atoms with E-state index in [0.717, 1.165) is 12.3 Å². The highest BCUT2D eigenvalue weighted by Crippen LogP contribution is 2.31. The fourth-order valence-corrected chi connectivity index (χ4v) is 2.97. The summed E-state index contributed by atoms with van der Waals surface area (Å²) in [5.74, 6) is 1.55. The molecule has 0 spiro atoms. The van der Waals surface area contributed by atoms with Gasteiger partial charge in [-0.1, -0.05) is 31.9 Å². The molecule has 1 aliphatic carbocycles. The Bertz CT molecular complexity index is 408. The van der Waals surface area contributed by atoms with Crippen LogP contribution in [0.5, 0.6) is 5.75 Å². The lowest BCUT2D eigenvalue weighted by molar-refractivity contribution is -0.0558. The van der Waals surface area contributed by atoms with Gasteiger partial charge in [-0.2, -0.15) is 0 Å². The summed E-state index contributed by atoms with van der Waals surface area (Å²) in [4.78, 5) is 0. The minimum atomic E-state index is 0.0978. The van der Waals surface area contributed by atoms with Gasteiger partial charge in [-0.15, -0.1) is 0 Å².